The predicted molar refractivity (Wildman–Crippen MR) is 89.4 cm³/mol. The number of anilines is 1. The van der Waals surface area contributed by atoms with Gasteiger partial charge in [0.15, 0.2) is 11.8 Å². The molecule has 2 rings (SSSR count). The SMILES string of the molecule is CC(C)(C)OC(=O)N1CCN(CCN(O)c2ccc(C(F)(F)F)c#[n+]2)C(=O)C1. The Kier molecular flexibility index (Phi) is 6.23. The van der Waals surface area contributed by atoms with Crippen LogP contribution in [0.3, 0.4) is 0 Å². The van der Waals surface area contributed by atoms with Gasteiger partial charge in [-0.1, -0.05) is 0 Å². The van der Waals surface area contributed by atoms with Crippen LogP contribution < -0.4 is 10.0 Å². The Hall–Kier alpha value is -2.74. The Bertz CT molecular complexity index is 704. The van der Waals surface area contributed by atoms with E-state index in [4.69, 9.17) is 4.74 Å². The molecule has 1 aromatic heterocycles. The smallest absolute Gasteiger partial charge is 0.428 e. The molecule has 1 aliphatic heterocycles. The van der Waals surface area contributed by atoms with Gasteiger partial charge in [0.05, 0.1) is 12.6 Å². The Morgan fingerprint density at radius 1 is 1.32 bits per heavy atom. The van der Waals surface area contributed by atoms with E-state index in [2.05, 4.69) is 4.98 Å². The summed E-state index contributed by atoms with van der Waals surface area (Å²) in [6, 6.07) is 1.78. The summed E-state index contributed by atoms with van der Waals surface area (Å²) in [6.07, 6.45) is -3.31. The molecule has 1 fully saturated rings. The fourth-order valence-corrected chi connectivity index (χ4v) is 2.41. The lowest BCUT2D eigenvalue weighted by molar-refractivity contribution is -0.289. The van der Waals surface area contributed by atoms with Gasteiger partial charge in [0.2, 0.25) is 5.91 Å². The molecule has 11 heteroatoms. The second kappa shape index (κ2) is 8.10. The number of nitrogens with zero attached hydrogens (tertiary/aromatic N) is 4. The molecule has 0 saturated carbocycles. The van der Waals surface area contributed by atoms with Crippen molar-refractivity contribution < 1.29 is 37.7 Å². The Labute approximate surface area is 160 Å². The predicted octanol–water partition coefficient (Wildman–Crippen LogP) is 1.38. The van der Waals surface area contributed by atoms with Crippen LogP contribution in [0.25, 0.3) is 0 Å². The van der Waals surface area contributed by atoms with Gasteiger partial charge in [-0.05, 0) is 26.8 Å². The van der Waals surface area contributed by atoms with Crippen molar-refractivity contribution in [2.45, 2.75) is 32.5 Å². The summed E-state index contributed by atoms with van der Waals surface area (Å²) in [6.45, 7) is 5.61. The van der Waals surface area contributed by atoms with E-state index in [0.29, 0.717) is 5.06 Å². The highest BCUT2D eigenvalue weighted by atomic mass is 19.4. The minimum Gasteiger partial charge on any atom is -0.444 e. The molecule has 0 aliphatic carbocycles. The number of rotatable bonds is 4. The van der Waals surface area contributed by atoms with Gasteiger partial charge in [-0.3, -0.25) is 9.69 Å². The van der Waals surface area contributed by atoms with Gasteiger partial charge in [-0.15, -0.1) is 5.06 Å². The highest BCUT2D eigenvalue weighted by Crippen LogP contribution is 2.27. The summed E-state index contributed by atoms with van der Waals surface area (Å²) in [4.78, 5) is 30.4. The lowest BCUT2D eigenvalue weighted by atomic mass is 10.2. The van der Waals surface area contributed by atoms with E-state index < -0.39 is 23.4 Å². The summed E-state index contributed by atoms with van der Waals surface area (Å²) in [5.74, 6) is -0.440. The third-order valence-corrected chi connectivity index (χ3v) is 3.81. The van der Waals surface area contributed by atoms with Gasteiger partial charge in [-0.2, -0.15) is 18.2 Å². The average molecular weight is 403 g/mol. The molecule has 8 nitrogen and oxygen atoms in total. The Morgan fingerprint density at radius 3 is 2.50 bits per heavy atom. The average Bonchev–Trinajstić information content (AvgIpc) is 2.58. The third kappa shape index (κ3) is 5.88. The van der Waals surface area contributed by atoms with E-state index in [0.717, 1.165) is 12.1 Å². The number of aromatic nitrogens is 1. The van der Waals surface area contributed by atoms with Crippen LogP contribution in [0.2, 0.25) is 0 Å². The van der Waals surface area contributed by atoms with Crippen molar-refractivity contribution in [3.05, 3.63) is 23.9 Å². The summed E-state index contributed by atoms with van der Waals surface area (Å²) >= 11 is 0. The molecule has 0 aromatic carbocycles. The molecule has 2 heterocycles. The molecule has 1 N–H and O–H groups in total. The molecule has 1 aromatic rings. The van der Waals surface area contributed by atoms with E-state index in [-0.39, 0.29) is 44.4 Å². The van der Waals surface area contributed by atoms with Crippen LogP contribution in [-0.4, -0.2) is 65.3 Å². The maximum absolute atomic E-state index is 12.5. The quantitative estimate of drug-likeness (QED) is 0.765. The molecule has 0 unspecified atom stereocenters. The zero-order valence-electron chi connectivity index (χ0n) is 15.8. The van der Waals surface area contributed by atoms with Gasteiger partial charge in [0.1, 0.15) is 18.7 Å². The summed E-state index contributed by atoms with van der Waals surface area (Å²) in [5, 5.41) is 10.6. The van der Waals surface area contributed by atoms with E-state index >= 15 is 0 Å². The topological polar surface area (TPSA) is 87.4 Å². The first-order valence-corrected chi connectivity index (χ1v) is 8.55. The molecule has 28 heavy (non-hydrogen) atoms. The van der Waals surface area contributed by atoms with Crippen LogP contribution >= 0.6 is 0 Å². The number of ether oxygens (including phenoxy) is 1. The zero-order valence-corrected chi connectivity index (χ0v) is 15.8. The Morgan fingerprint density at radius 2 is 2.00 bits per heavy atom. The number of hydroxylamine groups is 1. The van der Waals surface area contributed by atoms with Crippen LogP contribution in [-0.2, 0) is 15.7 Å². The molecule has 1 aliphatic rings. The lowest BCUT2D eigenvalue weighted by Gasteiger charge is -2.35. The molecule has 2 amide bonds. The largest absolute Gasteiger partial charge is 0.444 e. The van der Waals surface area contributed by atoms with Gasteiger partial charge in [0, 0.05) is 13.1 Å². The van der Waals surface area contributed by atoms with Crippen molar-refractivity contribution in [2.75, 3.05) is 37.8 Å². The van der Waals surface area contributed by atoms with Crippen LogP contribution in [0.5, 0.6) is 0 Å². The number of amides is 2. The highest BCUT2D eigenvalue weighted by Gasteiger charge is 2.34. The van der Waals surface area contributed by atoms with Crippen LogP contribution in [0, 0.1) is 6.20 Å². The number of hydrogen-bond acceptors (Lipinski definition) is 5. The number of carbonyl (C=O) groups excluding carboxylic acids is 2. The maximum atomic E-state index is 12.5. The van der Waals surface area contributed by atoms with Crippen LogP contribution in [0.15, 0.2) is 12.1 Å². The van der Waals surface area contributed by atoms with Crippen molar-refractivity contribution in [3.63, 3.8) is 0 Å². The number of halogens is 3. The second-order valence-corrected chi connectivity index (χ2v) is 7.23. The van der Waals surface area contributed by atoms with Crippen LogP contribution in [0.4, 0.5) is 23.8 Å². The number of carbonyl (C=O) groups is 2. The molecule has 1 saturated heterocycles. The first-order valence-electron chi connectivity index (χ1n) is 8.55. The van der Waals surface area contributed by atoms with Crippen molar-refractivity contribution in [1.82, 2.24) is 9.80 Å². The van der Waals surface area contributed by atoms with E-state index in [1.54, 1.807) is 20.8 Å². The second-order valence-electron chi connectivity index (χ2n) is 7.23. The highest BCUT2D eigenvalue weighted by molar-refractivity contribution is 5.83. The molecule has 0 atom stereocenters. The Balaban J connectivity index is 1.85. The number of hydrogen-bond donors (Lipinski definition) is 1. The van der Waals surface area contributed by atoms with E-state index in [9.17, 15) is 28.0 Å². The molecular weight excluding hydrogens is 381 g/mol. The number of piperazine rings is 1. The standard InChI is InChI=1S/C17H22F3N4O4/c1-16(2,3)28-15(26)23-7-6-22(14(25)11-23)8-9-24(27)13-5-4-12(10-21-13)17(18,19)20/h4-5,27H,6-9,11H2,1-3H3/q+1. The monoisotopic (exact) mass is 403 g/mol. The van der Waals surface area contributed by atoms with Gasteiger partial charge in [-0.25, -0.2) is 10.0 Å². The van der Waals surface area contributed by atoms with Crippen molar-refractivity contribution in [3.8, 4) is 0 Å². The zero-order chi connectivity index (χ0) is 21.1. The maximum Gasteiger partial charge on any atom is 0.428 e. The molecule has 0 bridgehead atoms. The van der Waals surface area contributed by atoms with Gasteiger partial charge in [0.25, 0.3) is 0 Å². The minimum atomic E-state index is -4.56. The van der Waals surface area contributed by atoms with E-state index in [1.165, 1.54) is 9.80 Å². The first-order chi connectivity index (χ1) is 12.9. The lowest BCUT2D eigenvalue weighted by Crippen LogP contribution is -2.54. The van der Waals surface area contributed by atoms with Crippen LogP contribution in [0.1, 0.15) is 26.3 Å². The fourth-order valence-electron chi connectivity index (χ4n) is 2.41. The third-order valence-electron chi connectivity index (χ3n) is 3.81. The normalized spacial score (nSPS) is 15.3. The summed E-state index contributed by atoms with van der Waals surface area (Å²) in [5.41, 5.74) is -1.71. The first kappa shape index (κ1) is 21.6. The fraction of sp³-hybridized carbons (Fsp3) is 0.588. The summed E-state index contributed by atoms with van der Waals surface area (Å²) < 4.78 is 42.7. The number of alkyl halides is 3. The molecular formula is C17H22F3N4O4+. The van der Waals surface area contributed by atoms with Crippen molar-refractivity contribution in [1.29, 1.82) is 0 Å². The van der Waals surface area contributed by atoms with Crippen molar-refractivity contribution in [2.24, 2.45) is 0 Å². The van der Waals surface area contributed by atoms with Gasteiger partial charge < -0.3 is 9.64 Å². The summed E-state index contributed by atoms with van der Waals surface area (Å²) in [7, 11) is 0. The van der Waals surface area contributed by atoms with E-state index in [1.807, 2.05) is 6.20 Å². The minimum absolute atomic E-state index is 0.0651. The molecule has 0 radical (unpaired) electrons. The molecule has 0 spiro atoms. The van der Waals surface area contributed by atoms with Crippen molar-refractivity contribution >= 4 is 17.8 Å². The molecule has 154 valence electrons. The van der Waals surface area contributed by atoms with Gasteiger partial charge >= 0.3 is 18.1 Å².